The zero-order valence-electron chi connectivity index (χ0n) is 8.81. The predicted octanol–water partition coefficient (Wildman–Crippen LogP) is 1.23. The van der Waals surface area contributed by atoms with Gasteiger partial charge in [0.25, 0.3) is 0 Å². The summed E-state index contributed by atoms with van der Waals surface area (Å²) in [7, 11) is 0. The van der Waals surface area contributed by atoms with Crippen molar-refractivity contribution < 1.29 is 14.3 Å². The van der Waals surface area contributed by atoms with Gasteiger partial charge in [0.2, 0.25) is 5.91 Å². The van der Waals surface area contributed by atoms with Crippen LogP contribution in [0.1, 0.15) is 17.4 Å². The molecule has 1 aliphatic heterocycles. The van der Waals surface area contributed by atoms with Crippen LogP contribution in [0.4, 0.5) is 0 Å². The summed E-state index contributed by atoms with van der Waals surface area (Å²) in [6.07, 6.45) is -0.295. The molecule has 0 spiro atoms. The number of carbonyl (C=O) groups is 1. The van der Waals surface area contributed by atoms with E-state index >= 15 is 0 Å². The Bertz CT molecular complexity index is 405. The van der Waals surface area contributed by atoms with Crippen molar-refractivity contribution in [3.8, 4) is 0 Å². The molecule has 0 atom stereocenters. The van der Waals surface area contributed by atoms with E-state index in [2.05, 4.69) is 6.58 Å². The molecule has 0 bridgehead atoms. The average Bonchev–Trinajstić information content (AvgIpc) is 2.81. The molecule has 2 N–H and O–H groups in total. The van der Waals surface area contributed by atoms with Crippen molar-refractivity contribution in [2.45, 2.75) is 6.29 Å². The van der Waals surface area contributed by atoms with Crippen LogP contribution in [0.3, 0.4) is 0 Å². The van der Waals surface area contributed by atoms with Crippen LogP contribution < -0.4 is 5.73 Å². The third-order valence-electron chi connectivity index (χ3n) is 2.45. The van der Waals surface area contributed by atoms with Crippen molar-refractivity contribution in [3.05, 3.63) is 42.0 Å². The molecule has 2 rings (SSSR count). The van der Waals surface area contributed by atoms with Crippen LogP contribution in [0.5, 0.6) is 0 Å². The van der Waals surface area contributed by atoms with Crippen molar-refractivity contribution >= 4 is 11.5 Å². The summed E-state index contributed by atoms with van der Waals surface area (Å²) >= 11 is 0. The molecule has 0 aromatic heterocycles. The fourth-order valence-corrected chi connectivity index (χ4v) is 1.53. The number of benzene rings is 1. The van der Waals surface area contributed by atoms with E-state index in [1.54, 1.807) is 12.1 Å². The first kappa shape index (κ1) is 10.9. The average molecular weight is 219 g/mol. The van der Waals surface area contributed by atoms with E-state index in [-0.39, 0.29) is 6.29 Å². The molecule has 1 aromatic carbocycles. The van der Waals surface area contributed by atoms with Gasteiger partial charge in [-0.25, -0.2) is 0 Å². The third-order valence-corrected chi connectivity index (χ3v) is 2.45. The third kappa shape index (κ3) is 2.13. The maximum Gasteiger partial charge on any atom is 0.248 e. The van der Waals surface area contributed by atoms with Gasteiger partial charge in [-0.1, -0.05) is 30.8 Å². The summed E-state index contributed by atoms with van der Waals surface area (Å²) < 4.78 is 10.7. The molecule has 4 heteroatoms. The van der Waals surface area contributed by atoms with Gasteiger partial charge in [0.1, 0.15) is 0 Å². The predicted molar refractivity (Wildman–Crippen MR) is 59.3 cm³/mol. The van der Waals surface area contributed by atoms with Crippen LogP contribution in [-0.4, -0.2) is 19.1 Å². The smallest absolute Gasteiger partial charge is 0.248 e. The minimum absolute atomic E-state index is 0.295. The van der Waals surface area contributed by atoms with Crippen LogP contribution in [0.15, 0.2) is 30.8 Å². The molecule has 1 saturated heterocycles. The Morgan fingerprint density at radius 2 is 1.81 bits per heavy atom. The van der Waals surface area contributed by atoms with Gasteiger partial charge in [0.15, 0.2) is 6.29 Å². The molecule has 16 heavy (non-hydrogen) atoms. The number of primary amides is 1. The van der Waals surface area contributed by atoms with E-state index in [0.29, 0.717) is 24.4 Å². The van der Waals surface area contributed by atoms with Crippen LogP contribution in [0.25, 0.3) is 5.57 Å². The lowest BCUT2D eigenvalue weighted by Crippen LogP contribution is -2.12. The standard InChI is InChI=1S/C12H13NO3/c1-8(11(13)14)9-2-4-10(5-3-9)12-15-6-7-16-12/h2-5,12H,1,6-7H2,(H2,13,14). The fourth-order valence-electron chi connectivity index (χ4n) is 1.53. The van der Waals surface area contributed by atoms with E-state index in [9.17, 15) is 4.79 Å². The molecule has 84 valence electrons. The zero-order chi connectivity index (χ0) is 11.5. The number of hydrogen-bond donors (Lipinski definition) is 1. The lowest BCUT2D eigenvalue weighted by Gasteiger charge is -2.10. The highest BCUT2D eigenvalue weighted by molar-refractivity contribution is 6.17. The second-order valence-corrected chi connectivity index (χ2v) is 3.54. The van der Waals surface area contributed by atoms with Crippen LogP contribution in [0.2, 0.25) is 0 Å². The van der Waals surface area contributed by atoms with Gasteiger partial charge in [-0.3, -0.25) is 4.79 Å². The van der Waals surface area contributed by atoms with Crippen molar-refractivity contribution in [2.24, 2.45) is 5.73 Å². The Labute approximate surface area is 93.7 Å². The minimum atomic E-state index is -0.513. The van der Waals surface area contributed by atoms with Crippen LogP contribution in [-0.2, 0) is 14.3 Å². The maximum atomic E-state index is 10.9. The molecule has 1 amide bonds. The first-order valence-electron chi connectivity index (χ1n) is 5.01. The van der Waals surface area contributed by atoms with E-state index < -0.39 is 5.91 Å². The van der Waals surface area contributed by atoms with Crippen LogP contribution in [0, 0.1) is 0 Å². The van der Waals surface area contributed by atoms with Crippen molar-refractivity contribution in [1.82, 2.24) is 0 Å². The topological polar surface area (TPSA) is 61.6 Å². The molecular formula is C12H13NO3. The summed E-state index contributed by atoms with van der Waals surface area (Å²) in [5.41, 5.74) is 7.09. The summed E-state index contributed by atoms with van der Waals surface area (Å²) in [4.78, 5) is 10.9. The fraction of sp³-hybridized carbons (Fsp3) is 0.250. The van der Waals surface area contributed by atoms with Gasteiger partial charge in [-0.15, -0.1) is 0 Å². The first-order chi connectivity index (χ1) is 7.68. The minimum Gasteiger partial charge on any atom is -0.366 e. The van der Waals surface area contributed by atoms with Crippen LogP contribution >= 0.6 is 0 Å². The summed E-state index contributed by atoms with van der Waals surface area (Å²) in [6, 6.07) is 7.26. The maximum absolute atomic E-state index is 10.9. The highest BCUT2D eigenvalue weighted by Gasteiger charge is 2.18. The number of hydrogen-bond acceptors (Lipinski definition) is 3. The van der Waals surface area contributed by atoms with Crippen molar-refractivity contribution in [3.63, 3.8) is 0 Å². The highest BCUT2D eigenvalue weighted by Crippen LogP contribution is 2.24. The number of nitrogens with two attached hydrogens (primary N) is 1. The quantitative estimate of drug-likeness (QED) is 0.778. The molecule has 4 nitrogen and oxygen atoms in total. The Morgan fingerprint density at radius 1 is 1.25 bits per heavy atom. The normalized spacial score (nSPS) is 16.2. The highest BCUT2D eigenvalue weighted by atomic mass is 16.7. The van der Waals surface area contributed by atoms with Gasteiger partial charge in [0.05, 0.1) is 13.2 Å². The molecule has 1 fully saturated rings. The molecule has 0 radical (unpaired) electrons. The SMILES string of the molecule is C=C(C(N)=O)c1ccc(C2OCCO2)cc1. The molecular weight excluding hydrogens is 206 g/mol. The Balaban J connectivity index is 2.15. The van der Waals surface area contributed by atoms with E-state index in [0.717, 1.165) is 5.56 Å². The largest absolute Gasteiger partial charge is 0.366 e. The van der Waals surface area contributed by atoms with Crippen molar-refractivity contribution in [2.75, 3.05) is 13.2 Å². The number of amides is 1. The molecule has 1 aromatic rings. The monoisotopic (exact) mass is 219 g/mol. The molecule has 0 unspecified atom stereocenters. The zero-order valence-corrected chi connectivity index (χ0v) is 8.81. The van der Waals surface area contributed by atoms with Gasteiger partial charge in [0, 0.05) is 11.1 Å². The van der Waals surface area contributed by atoms with Gasteiger partial charge in [-0.2, -0.15) is 0 Å². The first-order valence-corrected chi connectivity index (χ1v) is 5.01. The lowest BCUT2D eigenvalue weighted by atomic mass is 10.0. The van der Waals surface area contributed by atoms with E-state index in [4.69, 9.17) is 15.2 Å². The van der Waals surface area contributed by atoms with Crippen molar-refractivity contribution in [1.29, 1.82) is 0 Å². The molecule has 0 aliphatic carbocycles. The summed E-state index contributed by atoms with van der Waals surface area (Å²) in [5, 5.41) is 0. The van der Waals surface area contributed by atoms with Gasteiger partial charge in [-0.05, 0) is 5.56 Å². The summed E-state index contributed by atoms with van der Waals surface area (Å²) in [6.45, 7) is 4.84. The number of rotatable bonds is 3. The molecule has 1 heterocycles. The summed E-state index contributed by atoms with van der Waals surface area (Å²) in [5.74, 6) is -0.513. The number of ether oxygens (including phenoxy) is 2. The Hall–Kier alpha value is -1.65. The molecule has 1 aliphatic rings. The van der Waals surface area contributed by atoms with E-state index in [1.807, 2.05) is 12.1 Å². The van der Waals surface area contributed by atoms with Gasteiger partial charge >= 0.3 is 0 Å². The molecule has 0 saturated carbocycles. The Morgan fingerprint density at radius 3 is 2.31 bits per heavy atom. The van der Waals surface area contributed by atoms with E-state index in [1.165, 1.54) is 0 Å². The lowest BCUT2D eigenvalue weighted by molar-refractivity contribution is -0.112. The van der Waals surface area contributed by atoms with Gasteiger partial charge < -0.3 is 15.2 Å². The second kappa shape index (κ2) is 4.47. The Kier molecular flexibility index (Phi) is 3.03. The second-order valence-electron chi connectivity index (χ2n) is 3.54. The number of carbonyl (C=O) groups excluding carboxylic acids is 1.